The van der Waals surface area contributed by atoms with Crippen LogP contribution in [0.25, 0.3) is 0 Å². The van der Waals surface area contributed by atoms with Gasteiger partial charge in [0.15, 0.2) is 0 Å². The van der Waals surface area contributed by atoms with Gasteiger partial charge in [-0.15, -0.1) is 5.10 Å². The number of aromatic nitrogens is 3. The Bertz CT molecular complexity index is 444. The van der Waals surface area contributed by atoms with Crippen molar-refractivity contribution in [1.82, 2.24) is 20.3 Å². The second-order valence-corrected chi connectivity index (χ2v) is 6.21. The molecule has 1 atom stereocenters. The number of carbonyl (C=O) groups is 1. The van der Waals surface area contributed by atoms with E-state index in [-0.39, 0.29) is 11.4 Å². The van der Waals surface area contributed by atoms with Crippen molar-refractivity contribution in [2.24, 2.45) is 5.73 Å². The topological polar surface area (TPSA) is 85.8 Å². The van der Waals surface area contributed by atoms with E-state index in [0.717, 1.165) is 6.42 Å². The Morgan fingerprint density at radius 1 is 1.47 bits per heavy atom. The van der Waals surface area contributed by atoms with Crippen molar-refractivity contribution in [1.29, 1.82) is 0 Å². The van der Waals surface area contributed by atoms with Crippen LogP contribution >= 0.6 is 0 Å². The zero-order chi connectivity index (χ0) is 14.8. The van der Waals surface area contributed by atoms with E-state index in [1.165, 1.54) is 0 Å². The lowest BCUT2D eigenvalue weighted by Gasteiger charge is -2.26. The van der Waals surface area contributed by atoms with E-state index in [1.807, 2.05) is 34.6 Å². The summed E-state index contributed by atoms with van der Waals surface area (Å²) < 4.78 is 1.55. The average molecular weight is 267 g/mol. The lowest BCUT2D eigenvalue weighted by atomic mass is 10.0. The van der Waals surface area contributed by atoms with Crippen LogP contribution in [0, 0.1) is 0 Å². The van der Waals surface area contributed by atoms with E-state index in [2.05, 4.69) is 15.6 Å². The molecule has 3 N–H and O–H groups in total. The Morgan fingerprint density at radius 2 is 2.05 bits per heavy atom. The zero-order valence-corrected chi connectivity index (χ0v) is 12.7. The maximum atomic E-state index is 12.1. The van der Waals surface area contributed by atoms with Crippen molar-refractivity contribution in [3.05, 3.63) is 11.9 Å². The van der Waals surface area contributed by atoms with Gasteiger partial charge in [-0.25, -0.2) is 4.68 Å². The third-order valence-corrected chi connectivity index (χ3v) is 3.29. The molecule has 1 rings (SSSR count). The van der Waals surface area contributed by atoms with Crippen LogP contribution in [0.5, 0.6) is 0 Å². The minimum Gasteiger partial charge on any atom is -0.349 e. The van der Waals surface area contributed by atoms with Gasteiger partial charge in [0, 0.05) is 5.54 Å². The number of amides is 1. The van der Waals surface area contributed by atoms with Gasteiger partial charge in [-0.1, -0.05) is 12.1 Å². The molecule has 0 aliphatic rings. The number of carbonyl (C=O) groups excluding carboxylic acids is 1. The van der Waals surface area contributed by atoms with Gasteiger partial charge in [0.05, 0.1) is 11.7 Å². The number of nitrogens with zero attached hydrogens (tertiary/aromatic N) is 3. The minimum absolute atomic E-state index is 0.0712. The molecule has 0 aliphatic carbocycles. The SMILES string of the molecule is CCC(C)(C)NC(=O)C(C)n1cc(C(C)(C)N)nn1. The van der Waals surface area contributed by atoms with Crippen molar-refractivity contribution in [2.45, 2.75) is 65.1 Å². The molecular weight excluding hydrogens is 242 g/mol. The molecule has 0 radical (unpaired) electrons. The quantitative estimate of drug-likeness (QED) is 0.843. The number of hydrogen-bond acceptors (Lipinski definition) is 4. The van der Waals surface area contributed by atoms with Crippen molar-refractivity contribution in [3.8, 4) is 0 Å². The highest BCUT2D eigenvalue weighted by Crippen LogP contribution is 2.16. The smallest absolute Gasteiger partial charge is 0.245 e. The molecule has 0 saturated heterocycles. The summed E-state index contributed by atoms with van der Waals surface area (Å²) in [7, 11) is 0. The highest BCUT2D eigenvalue weighted by molar-refractivity contribution is 5.80. The van der Waals surface area contributed by atoms with Crippen LogP contribution in [-0.4, -0.2) is 26.4 Å². The first-order valence-corrected chi connectivity index (χ1v) is 6.60. The monoisotopic (exact) mass is 267 g/mol. The summed E-state index contributed by atoms with van der Waals surface area (Å²) in [6.07, 6.45) is 2.59. The Balaban J connectivity index is 2.81. The lowest BCUT2D eigenvalue weighted by Crippen LogP contribution is -2.45. The Morgan fingerprint density at radius 3 is 2.47 bits per heavy atom. The molecule has 0 aromatic carbocycles. The number of nitrogens with two attached hydrogens (primary N) is 1. The van der Waals surface area contributed by atoms with Crippen LogP contribution in [0.1, 0.15) is 59.7 Å². The van der Waals surface area contributed by atoms with E-state index < -0.39 is 11.6 Å². The van der Waals surface area contributed by atoms with Crippen LogP contribution in [0.4, 0.5) is 0 Å². The maximum Gasteiger partial charge on any atom is 0.245 e. The highest BCUT2D eigenvalue weighted by Gasteiger charge is 2.25. The summed E-state index contributed by atoms with van der Waals surface area (Å²) in [5.41, 5.74) is 5.84. The summed E-state index contributed by atoms with van der Waals surface area (Å²) in [5, 5.41) is 11.0. The third-order valence-electron chi connectivity index (χ3n) is 3.29. The van der Waals surface area contributed by atoms with E-state index in [1.54, 1.807) is 17.8 Å². The fourth-order valence-electron chi connectivity index (χ4n) is 1.41. The first-order chi connectivity index (χ1) is 8.57. The Hall–Kier alpha value is -1.43. The maximum absolute atomic E-state index is 12.1. The highest BCUT2D eigenvalue weighted by atomic mass is 16.2. The fraction of sp³-hybridized carbons (Fsp3) is 0.769. The Labute approximate surface area is 114 Å². The second-order valence-electron chi connectivity index (χ2n) is 6.21. The van der Waals surface area contributed by atoms with Crippen LogP contribution in [0.15, 0.2) is 6.20 Å². The van der Waals surface area contributed by atoms with Crippen molar-refractivity contribution in [3.63, 3.8) is 0 Å². The molecule has 6 nitrogen and oxygen atoms in total. The van der Waals surface area contributed by atoms with Crippen LogP contribution in [0.2, 0.25) is 0 Å². The number of nitrogens with one attached hydrogen (secondary N) is 1. The minimum atomic E-state index is -0.558. The van der Waals surface area contributed by atoms with Gasteiger partial charge in [-0.05, 0) is 41.0 Å². The number of rotatable bonds is 5. The van der Waals surface area contributed by atoms with Crippen molar-refractivity contribution >= 4 is 5.91 Å². The van der Waals surface area contributed by atoms with Gasteiger partial charge in [-0.2, -0.15) is 0 Å². The molecular formula is C13H25N5O. The summed E-state index contributed by atoms with van der Waals surface area (Å²) in [5.74, 6) is -0.0712. The summed E-state index contributed by atoms with van der Waals surface area (Å²) in [4.78, 5) is 12.1. The van der Waals surface area contributed by atoms with E-state index in [4.69, 9.17) is 5.73 Å². The molecule has 0 aliphatic heterocycles. The molecule has 6 heteroatoms. The van der Waals surface area contributed by atoms with Gasteiger partial charge in [0.25, 0.3) is 0 Å². The predicted octanol–water partition coefficient (Wildman–Crippen LogP) is 1.34. The molecule has 1 unspecified atom stereocenters. The molecule has 1 aromatic rings. The van der Waals surface area contributed by atoms with E-state index in [0.29, 0.717) is 5.69 Å². The van der Waals surface area contributed by atoms with Crippen molar-refractivity contribution in [2.75, 3.05) is 0 Å². The van der Waals surface area contributed by atoms with Gasteiger partial charge < -0.3 is 11.1 Å². The van der Waals surface area contributed by atoms with Gasteiger partial charge >= 0.3 is 0 Å². The standard InChI is InChI=1S/C13H25N5O/c1-7-12(3,4)15-11(19)9(2)18-8-10(16-17-18)13(5,6)14/h8-9H,7,14H2,1-6H3,(H,15,19). The fourth-order valence-corrected chi connectivity index (χ4v) is 1.41. The molecule has 0 saturated carbocycles. The van der Waals surface area contributed by atoms with Gasteiger partial charge in [0.1, 0.15) is 11.7 Å². The molecule has 0 spiro atoms. The molecule has 1 aromatic heterocycles. The number of hydrogen-bond donors (Lipinski definition) is 2. The summed E-state index contributed by atoms with van der Waals surface area (Å²) >= 11 is 0. The normalized spacial score (nSPS) is 14.3. The third kappa shape index (κ3) is 4.02. The first kappa shape index (κ1) is 15.6. The zero-order valence-electron chi connectivity index (χ0n) is 12.7. The van der Waals surface area contributed by atoms with Crippen LogP contribution in [-0.2, 0) is 10.3 Å². The van der Waals surface area contributed by atoms with Gasteiger partial charge in [0.2, 0.25) is 5.91 Å². The Kier molecular flexibility index (Phi) is 4.35. The predicted molar refractivity (Wildman–Crippen MR) is 74.5 cm³/mol. The largest absolute Gasteiger partial charge is 0.349 e. The molecule has 0 fully saturated rings. The first-order valence-electron chi connectivity index (χ1n) is 6.60. The van der Waals surface area contributed by atoms with Crippen molar-refractivity contribution < 1.29 is 4.79 Å². The van der Waals surface area contributed by atoms with E-state index >= 15 is 0 Å². The molecule has 19 heavy (non-hydrogen) atoms. The molecule has 1 amide bonds. The van der Waals surface area contributed by atoms with Gasteiger partial charge in [-0.3, -0.25) is 4.79 Å². The molecule has 0 bridgehead atoms. The summed E-state index contributed by atoms with van der Waals surface area (Å²) in [6, 6.07) is -0.408. The van der Waals surface area contributed by atoms with Crippen LogP contribution in [0.3, 0.4) is 0 Å². The molecule has 1 heterocycles. The molecule has 108 valence electrons. The summed E-state index contributed by atoms with van der Waals surface area (Å²) in [6.45, 7) is 11.5. The van der Waals surface area contributed by atoms with Crippen LogP contribution < -0.4 is 11.1 Å². The van der Waals surface area contributed by atoms with E-state index in [9.17, 15) is 4.79 Å². The second kappa shape index (κ2) is 5.28. The lowest BCUT2D eigenvalue weighted by molar-refractivity contribution is -0.125. The average Bonchev–Trinajstić information content (AvgIpc) is 2.76.